The summed E-state index contributed by atoms with van der Waals surface area (Å²) in [6.07, 6.45) is 11.0. The number of piperidine rings is 1. The van der Waals surface area contributed by atoms with Gasteiger partial charge in [0.05, 0.1) is 0 Å². The minimum Gasteiger partial charge on any atom is -0.352 e. The van der Waals surface area contributed by atoms with Crippen molar-refractivity contribution < 1.29 is 4.79 Å². The Bertz CT molecular complexity index is 228. The van der Waals surface area contributed by atoms with Crippen molar-refractivity contribution in [3.05, 3.63) is 0 Å². The van der Waals surface area contributed by atoms with Gasteiger partial charge in [0.1, 0.15) is 0 Å². The maximum Gasteiger partial charge on any atom is 0.223 e. The molecule has 1 unspecified atom stereocenters. The molecule has 2 aliphatic rings. The Hall–Kier alpha value is -0.570. The highest BCUT2D eigenvalue weighted by molar-refractivity contribution is 5.78. The minimum absolute atomic E-state index is 0.289. The molecule has 0 aromatic carbocycles. The highest BCUT2D eigenvalue weighted by atomic mass is 16.1. The first-order valence-corrected chi connectivity index (χ1v) is 7.37. The van der Waals surface area contributed by atoms with Gasteiger partial charge in [-0.3, -0.25) is 4.79 Å². The molecule has 17 heavy (non-hydrogen) atoms. The van der Waals surface area contributed by atoms with E-state index in [1.54, 1.807) is 0 Å². The van der Waals surface area contributed by atoms with Crippen molar-refractivity contribution in [2.24, 2.45) is 5.92 Å². The topological polar surface area (TPSA) is 41.1 Å². The highest BCUT2D eigenvalue weighted by Gasteiger charge is 2.22. The molecule has 2 fully saturated rings. The second-order valence-electron chi connectivity index (χ2n) is 5.59. The van der Waals surface area contributed by atoms with Crippen LogP contribution in [0.25, 0.3) is 0 Å². The van der Waals surface area contributed by atoms with Crippen LogP contribution in [0.4, 0.5) is 0 Å². The summed E-state index contributed by atoms with van der Waals surface area (Å²) in [6, 6.07) is 0.377. The maximum absolute atomic E-state index is 12.2. The van der Waals surface area contributed by atoms with E-state index >= 15 is 0 Å². The molecule has 1 heterocycles. The third-order valence-corrected chi connectivity index (χ3v) is 4.12. The zero-order valence-corrected chi connectivity index (χ0v) is 10.8. The first kappa shape index (κ1) is 12.9. The summed E-state index contributed by atoms with van der Waals surface area (Å²) < 4.78 is 0. The molecule has 0 radical (unpaired) electrons. The van der Waals surface area contributed by atoms with Crippen LogP contribution in [-0.4, -0.2) is 25.0 Å². The van der Waals surface area contributed by atoms with Crippen LogP contribution in [-0.2, 0) is 4.79 Å². The van der Waals surface area contributed by atoms with E-state index < -0.39 is 0 Å². The molecule has 1 aliphatic carbocycles. The monoisotopic (exact) mass is 238 g/mol. The van der Waals surface area contributed by atoms with Gasteiger partial charge in [0.25, 0.3) is 0 Å². The molecule has 2 rings (SSSR count). The van der Waals surface area contributed by atoms with Crippen LogP contribution in [0, 0.1) is 5.92 Å². The fourth-order valence-corrected chi connectivity index (χ4v) is 3.01. The van der Waals surface area contributed by atoms with Crippen LogP contribution in [0.5, 0.6) is 0 Å². The molecule has 0 spiro atoms. The van der Waals surface area contributed by atoms with Crippen molar-refractivity contribution >= 4 is 5.91 Å². The van der Waals surface area contributed by atoms with Gasteiger partial charge in [-0.15, -0.1) is 0 Å². The lowest BCUT2D eigenvalue weighted by Gasteiger charge is -2.27. The molecule has 3 nitrogen and oxygen atoms in total. The summed E-state index contributed by atoms with van der Waals surface area (Å²) in [7, 11) is 0. The van der Waals surface area contributed by atoms with Crippen molar-refractivity contribution in [3.63, 3.8) is 0 Å². The average molecular weight is 238 g/mol. The second-order valence-corrected chi connectivity index (χ2v) is 5.59. The van der Waals surface area contributed by atoms with Crippen LogP contribution in [0.15, 0.2) is 0 Å². The zero-order chi connectivity index (χ0) is 11.9. The molecule has 2 N–H and O–H groups in total. The molecule has 1 saturated heterocycles. The lowest BCUT2D eigenvalue weighted by Crippen LogP contribution is -2.47. The quantitative estimate of drug-likeness (QED) is 0.774. The Morgan fingerprint density at radius 2 is 1.65 bits per heavy atom. The fraction of sp³-hybridized carbons (Fsp3) is 0.929. The number of rotatable bonds is 2. The third-order valence-electron chi connectivity index (χ3n) is 4.12. The molecular formula is C14H26N2O. The number of hydrogen-bond acceptors (Lipinski definition) is 2. The van der Waals surface area contributed by atoms with Gasteiger partial charge in [0.15, 0.2) is 0 Å². The van der Waals surface area contributed by atoms with Gasteiger partial charge < -0.3 is 10.6 Å². The van der Waals surface area contributed by atoms with Crippen molar-refractivity contribution in [2.75, 3.05) is 13.1 Å². The number of hydrogen-bond donors (Lipinski definition) is 2. The number of amides is 1. The van der Waals surface area contributed by atoms with Gasteiger partial charge in [-0.2, -0.15) is 0 Å². The number of carbonyl (C=O) groups excluding carboxylic acids is 1. The molecular weight excluding hydrogens is 212 g/mol. The second kappa shape index (κ2) is 7.00. The summed E-state index contributed by atoms with van der Waals surface area (Å²) in [4.78, 5) is 12.2. The molecule has 98 valence electrons. The summed E-state index contributed by atoms with van der Waals surface area (Å²) in [6.45, 7) is 2.06. The lowest BCUT2D eigenvalue weighted by molar-refractivity contribution is -0.126. The Morgan fingerprint density at radius 1 is 0.941 bits per heavy atom. The van der Waals surface area contributed by atoms with Crippen molar-refractivity contribution in [1.82, 2.24) is 10.6 Å². The molecule has 0 aromatic rings. The van der Waals surface area contributed by atoms with Gasteiger partial charge in [-0.25, -0.2) is 0 Å². The normalized spacial score (nSPS) is 28.1. The average Bonchev–Trinajstić information content (AvgIpc) is 2.29. The third kappa shape index (κ3) is 4.30. The SMILES string of the molecule is O=C(NC1CCCNC1)C1CCCCCCC1. The van der Waals surface area contributed by atoms with Crippen molar-refractivity contribution in [1.29, 1.82) is 0 Å². The van der Waals surface area contributed by atoms with Crippen molar-refractivity contribution in [3.8, 4) is 0 Å². The first-order chi connectivity index (χ1) is 8.36. The van der Waals surface area contributed by atoms with Crippen molar-refractivity contribution in [2.45, 2.75) is 63.8 Å². The van der Waals surface area contributed by atoms with E-state index in [2.05, 4.69) is 10.6 Å². The van der Waals surface area contributed by atoms with Crippen LogP contribution in [0.1, 0.15) is 57.8 Å². The van der Waals surface area contributed by atoms with E-state index in [1.807, 2.05) is 0 Å². The molecule has 0 aromatic heterocycles. The Morgan fingerprint density at radius 3 is 2.29 bits per heavy atom. The Labute approximate surface area is 105 Å². The number of nitrogens with one attached hydrogen (secondary N) is 2. The highest BCUT2D eigenvalue weighted by Crippen LogP contribution is 2.22. The standard InChI is InChI=1S/C14H26N2O/c17-14(16-13-9-6-10-15-11-13)12-7-4-2-1-3-5-8-12/h12-13,15H,1-11H2,(H,16,17). The lowest BCUT2D eigenvalue weighted by atomic mass is 9.90. The predicted molar refractivity (Wildman–Crippen MR) is 69.8 cm³/mol. The molecule has 1 atom stereocenters. The predicted octanol–water partition coefficient (Wildman–Crippen LogP) is 2.22. The largest absolute Gasteiger partial charge is 0.352 e. The molecule has 1 amide bonds. The molecule has 0 bridgehead atoms. The van der Waals surface area contributed by atoms with Gasteiger partial charge in [0, 0.05) is 18.5 Å². The van der Waals surface area contributed by atoms with Crippen LogP contribution in [0.2, 0.25) is 0 Å². The van der Waals surface area contributed by atoms with E-state index in [9.17, 15) is 4.79 Å². The maximum atomic E-state index is 12.2. The molecule has 1 saturated carbocycles. The van der Waals surface area contributed by atoms with E-state index in [4.69, 9.17) is 0 Å². The summed E-state index contributed by atoms with van der Waals surface area (Å²) in [5.74, 6) is 0.609. The van der Waals surface area contributed by atoms with Gasteiger partial charge in [-0.1, -0.05) is 32.1 Å². The molecule has 1 aliphatic heterocycles. The Balaban J connectivity index is 1.76. The Kier molecular flexibility index (Phi) is 5.30. The van der Waals surface area contributed by atoms with Gasteiger partial charge in [-0.05, 0) is 32.2 Å². The van der Waals surface area contributed by atoms with Gasteiger partial charge >= 0.3 is 0 Å². The zero-order valence-electron chi connectivity index (χ0n) is 10.8. The molecule has 3 heteroatoms. The summed E-state index contributed by atoms with van der Waals surface area (Å²) in [5.41, 5.74) is 0. The minimum atomic E-state index is 0.289. The fourth-order valence-electron chi connectivity index (χ4n) is 3.01. The summed E-state index contributed by atoms with van der Waals surface area (Å²) >= 11 is 0. The summed E-state index contributed by atoms with van der Waals surface area (Å²) in [5, 5.41) is 6.59. The van der Waals surface area contributed by atoms with E-state index in [1.165, 1.54) is 38.5 Å². The van der Waals surface area contributed by atoms with Crippen LogP contribution < -0.4 is 10.6 Å². The van der Waals surface area contributed by atoms with E-state index in [-0.39, 0.29) is 5.92 Å². The van der Waals surface area contributed by atoms with E-state index in [0.717, 1.165) is 32.4 Å². The van der Waals surface area contributed by atoms with Gasteiger partial charge in [0.2, 0.25) is 5.91 Å². The van der Waals surface area contributed by atoms with Crippen LogP contribution in [0.3, 0.4) is 0 Å². The van der Waals surface area contributed by atoms with Crippen LogP contribution >= 0.6 is 0 Å². The smallest absolute Gasteiger partial charge is 0.223 e. The first-order valence-electron chi connectivity index (χ1n) is 7.37. The number of carbonyl (C=O) groups is 1. The van der Waals surface area contributed by atoms with E-state index in [0.29, 0.717) is 11.9 Å².